The summed E-state index contributed by atoms with van der Waals surface area (Å²) >= 11 is 0. The molecule has 2 fully saturated rings. The molecule has 1 amide bonds. The van der Waals surface area contributed by atoms with Crippen LogP contribution in [0.25, 0.3) is 33.6 Å². The lowest BCUT2D eigenvalue weighted by Crippen LogP contribution is -2.32. The Hall–Kier alpha value is -3.56. The standard InChI is InChI=1S/C22H25N9O/c1-3-31-20(14-8-15-10-26-29(2)19(15)23-9-14)28-17-18(24-12-25-21(17)31)27-16-6-7-30(11-16)22(32)13-4-5-13/h8-10,12-13,16H,3-7,11H2,1-2H3,(H,24,25,27). The van der Waals surface area contributed by atoms with Gasteiger partial charge >= 0.3 is 0 Å². The molecule has 1 unspecified atom stereocenters. The first kappa shape index (κ1) is 19.1. The molecule has 4 aromatic rings. The van der Waals surface area contributed by atoms with Crippen molar-refractivity contribution < 1.29 is 4.79 Å². The summed E-state index contributed by atoms with van der Waals surface area (Å²) in [6, 6.07) is 2.22. The fourth-order valence-electron chi connectivity index (χ4n) is 4.59. The number of anilines is 1. The number of likely N-dealkylation sites (tertiary alicyclic amines) is 1. The van der Waals surface area contributed by atoms with Crippen molar-refractivity contribution in [3.8, 4) is 11.4 Å². The van der Waals surface area contributed by atoms with Crippen LogP contribution in [0.15, 0.2) is 24.8 Å². The summed E-state index contributed by atoms with van der Waals surface area (Å²) in [6.07, 6.45) is 8.20. The van der Waals surface area contributed by atoms with Gasteiger partial charge in [-0.3, -0.25) is 9.48 Å². The molecule has 1 aliphatic carbocycles. The Kier molecular flexibility index (Phi) is 4.34. The van der Waals surface area contributed by atoms with Crippen LogP contribution < -0.4 is 5.32 Å². The highest BCUT2D eigenvalue weighted by atomic mass is 16.2. The molecule has 1 atom stereocenters. The molecule has 164 valence electrons. The highest BCUT2D eigenvalue weighted by Gasteiger charge is 2.36. The van der Waals surface area contributed by atoms with E-state index in [9.17, 15) is 4.79 Å². The van der Waals surface area contributed by atoms with Gasteiger partial charge in [0.2, 0.25) is 5.91 Å². The highest BCUT2D eigenvalue weighted by Crippen LogP contribution is 2.33. The first-order valence-electron chi connectivity index (χ1n) is 11.2. The van der Waals surface area contributed by atoms with Gasteiger partial charge in [0.15, 0.2) is 22.6 Å². The maximum Gasteiger partial charge on any atom is 0.225 e. The minimum absolute atomic E-state index is 0.166. The van der Waals surface area contributed by atoms with Gasteiger partial charge in [0.05, 0.1) is 6.20 Å². The molecule has 1 saturated carbocycles. The number of aryl methyl sites for hydroxylation is 2. The van der Waals surface area contributed by atoms with Gasteiger partial charge in [-0.2, -0.15) is 5.10 Å². The second kappa shape index (κ2) is 7.25. The van der Waals surface area contributed by atoms with Crippen molar-refractivity contribution >= 4 is 33.9 Å². The summed E-state index contributed by atoms with van der Waals surface area (Å²) in [5.41, 5.74) is 3.28. The molecule has 32 heavy (non-hydrogen) atoms. The number of hydrogen-bond donors (Lipinski definition) is 1. The zero-order valence-electron chi connectivity index (χ0n) is 18.2. The molecule has 0 bridgehead atoms. The zero-order valence-corrected chi connectivity index (χ0v) is 18.2. The highest BCUT2D eigenvalue weighted by molar-refractivity contribution is 5.88. The van der Waals surface area contributed by atoms with E-state index < -0.39 is 0 Å². The fourth-order valence-corrected chi connectivity index (χ4v) is 4.59. The average Bonchev–Trinajstić information content (AvgIpc) is 3.26. The van der Waals surface area contributed by atoms with E-state index in [1.807, 2.05) is 24.3 Å². The van der Waals surface area contributed by atoms with Crippen LogP contribution in [0.5, 0.6) is 0 Å². The molecule has 0 spiro atoms. The van der Waals surface area contributed by atoms with Crippen molar-refractivity contribution in [2.75, 3.05) is 18.4 Å². The lowest BCUT2D eigenvalue weighted by Gasteiger charge is -2.17. The molecule has 2 aliphatic rings. The Balaban J connectivity index is 1.34. The number of fused-ring (bicyclic) bond motifs is 2. The number of imidazole rings is 1. The van der Waals surface area contributed by atoms with Crippen LogP contribution in [0, 0.1) is 5.92 Å². The molecule has 4 aromatic heterocycles. The number of nitrogens with one attached hydrogen (secondary N) is 1. The summed E-state index contributed by atoms with van der Waals surface area (Å²) in [6.45, 7) is 4.31. The topological polar surface area (TPSA) is 107 Å². The number of rotatable bonds is 5. The molecule has 10 heteroatoms. The van der Waals surface area contributed by atoms with Crippen LogP contribution in [0.2, 0.25) is 0 Å². The molecule has 6 rings (SSSR count). The minimum atomic E-state index is 0.166. The SMILES string of the molecule is CCn1c(-c2cnc3c(cnn3C)c2)nc2c(NC3CCN(C(=O)C4CC4)C3)ncnc21. The Morgan fingerprint density at radius 3 is 2.84 bits per heavy atom. The molecule has 1 aliphatic heterocycles. The lowest BCUT2D eigenvalue weighted by atomic mass is 10.2. The number of carbonyl (C=O) groups is 1. The third-order valence-corrected chi connectivity index (χ3v) is 6.45. The Labute approximate surface area is 184 Å². The minimum Gasteiger partial charge on any atom is -0.364 e. The van der Waals surface area contributed by atoms with Gasteiger partial charge < -0.3 is 14.8 Å². The van der Waals surface area contributed by atoms with Crippen LogP contribution in [0.4, 0.5) is 5.82 Å². The summed E-state index contributed by atoms with van der Waals surface area (Å²) < 4.78 is 3.84. The molecule has 5 heterocycles. The summed E-state index contributed by atoms with van der Waals surface area (Å²) in [5.74, 6) is 2.08. The second-order valence-electron chi connectivity index (χ2n) is 8.67. The van der Waals surface area contributed by atoms with Crippen molar-refractivity contribution in [1.82, 2.24) is 39.2 Å². The van der Waals surface area contributed by atoms with E-state index >= 15 is 0 Å². The van der Waals surface area contributed by atoms with Gasteiger partial charge in [0.25, 0.3) is 0 Å². The maximum atomic E-state index is 12.4. The predicted octanol–water partition coefficient (Wildman–Crippen LogP) is 2.22. The van der Waals surface area contributed by atoms with E-state index in [-0.39, 0.29) is 12.0 Å². The van der Waals surface area contributed by atoms with Crippen LogP contribution in [0.1, 0.15) is 26.2 Å². The van der Waals surface area contributed by atoms with Crippen LogP contribution >= 0.6 is 0 Å². The molecule has 10 nitrogen and oxygen atoms in total. The van der Waals surface area contributed by atoms with Gasteiger partial charge in [0.1, 0.15) is 12.2 Å². The molecular formula is C22H25N9O. The summed E-state index contributed by atoms with van der Waals surface area (Å²) in [4.78, 5) is 32.9. The van der Waals surface area contributed by atoms with Crippen molar-refractivity contribution in [3.05, 3.63) is 24.8 Å². The zero-order chi connectivity index (χ0) is 21.8. The van der Waals surface area contributed by atoms with E-state index in [0.717, 1.165) is 65.9 Å². The van der Waals surface area contributed by atoms with E-state index in [1.54, 1.807) is 11.0 Å². The largest absolute Gasteiger partial charge is 0.364 e. The number of nitrogens with zero attached hydrogens (tertiary/aromatic N) is 8. The molecule has 1 N–H and O–H groups in total. The number of pyridine rings is 1. The monoisotopic (exact) mass is 431 g/mol. The van der Waals surface area contributed by atoms with Crippen molar-refractivity contribution in [2.24, 2.45) is 13.0 Å². The van der Waals surface area contributed by atoms with Gasteiger partial charge in [-0.05, 0) is 32.3 Å². The number of aromatic nitrogens is 7. The Morgan fingerprint density at radius 2 is 2.03 bits per heavy atom. The number of hydrogen-bond acceptors (Lipinski definition) is 7. The van der Waals surface area contributed by atoms with Crippen LogP contribution in [-0.4, -0.2) is 64.2 Å². The first-order chi connectivity index (χ1) is 15.6. The fraction of sp³-hybridized carbons (Fsp3) is 0.455. The molecule has 0 radical (unpaired) electrons. The van der Waals surface area contributed by atoms with Gasteiger partial charge in [-0.25, -0.2) is 19.9 Å². The van der Waals surface area contributed by atoms with Crippen molar-refractivity contribution in [2.45, 2.75) is 38.8 Å². The van der Waals surface area contributed by atoms with E-state index in [0.29, 0.717) is 18.3 Å². The summed E-state index contributed by atoms with van der Waals surface area (Å²) in [7, 11) is 1.88. The molecular weight excluding hydrogens is 406 g/mol. The third kappa shape index (κ3) is 3.09. The first-order valence-corrected chi connectivity index (χ1v) is 11.2. The van der Waals surface area contributed by atoms with Gasteiger partial charge in [-0.1, -0.05) is 0 Å². The van der Waals surface area contributed by atoms with Crippen molar-refractivity contribution in [3.63, 3.8) is 0 Å². The van der Waals surface area contributed by atoms with Gasteiger partial charge in [0, 0.05) is 55.8 Å². The summed E-state index contributed by atoms with van der Waals surface area (Å²) in [5, 5.41) is 8.78. The molecule has 1 saturated heterocycles. The van der Waals surface area contributed by atoms with Gasteiger partial charge in [-0.15, -0.1) is 0 Å². The van der Waals surface area contributed by atoms with E-state index in [2.05, 4.69) is 42.9 Å². The average molecular weight is 432 g/mol. The Bertz CT molecular complexity index is 1340. The molecule has 0 aromatic carbocycles. The third-order valence-electron chi connectivity index (χ3n) is 6.45. The van der Waals surface area contributed by atoms with Crippen LogP contribution in [0.3, 0.4) is 0 Å². The second-order valence-corrected chi connectivity index (χ2v) is 8.67. The van der Waals surface area contributed by atoms with Crippen LogP contribution in [-0.2, 0) is 18.4 Å². The maximum absolute atomic E-state index is 12.4. The normalized spacial score (nSPS) is 18.7. The number of carbonyl (C=O) groups excluding carboxylic acids is 1. The number of amides is 1. The predicted molar refractivity (Wildman–Crippen MR) is 120 cm³/mol. The van der Waals surface area contributed by atoms with Crippen molar-refractivity contribution in [1.29, 1.82) is 0 Å². The van der Waals surface area contributed by atoms with E-state index in [4.69, 9.17) is 4.98 Å². The Morgan fingerprint density at radius 1 is 1.16 bits per heavy atom. The smallest absolute Gasteiger partial charge is 0.225 e. The lowest BCUT2D eigenvalue weighted by molar-refractivity contribution is -0.131. The quantitative estimate of drug-likeness (QED) is 0.516. The van der Waals surface area contributed by atoms with E-state index in [1.165, 1.54) is 0 Å².